The number of pyridine rings is 1. The second-order valence-electron chi connectivity index (χ2n) is 6.51. The highest BCUT2D eigenvalue weighted by Gasteiger charge is 2.31. The van der Waals surface area contributed by atoms with Crippen LogP contribution in [0.25, 0.3) is 11.3 Å². The van der Waals surface area contributed by atoms with Gasteiger partial charge in [0.25, 0.3) is 5.91 Å². The van der Waals surface area contributed by atoms with E-state index in [-0.39, 0.29) is 5.91 Å². The lowest BCUT2D eigenvalue weighted by atomic mass is 10.1. The number of hydrogen-bond acceptors (Lipinski definition) is 5. The lowest BCUT2D eigenvalue weighted by Gasteiger charge is -2.11. The van der Waals surface area contributed by atoms with Crippen molar-refractivity contribution in [3.8, 4) is 22.8 Å². The van der Waals surface area contributed by atoms with Gasteiger partial charge in [0.15, 0.2) is 17.2 Å². The number of benzene rings is 1. The molecule has 7 heteroatoms. The number of carbonyl (C=O) groups excluding carboxylic acids is 1. The first-order valence-corrected chi connectivity index (χ1v) is 8.57. The first-order chi connectivity index (χ1) is 13.0. The molecular weight excluding hydrogens is 344 g/mol. The Balaban J connectivity index is 1.72. The van der Waals surface area contributed by atoms with Gasteiger partial charge in [-0.3, -0.25) is 9.48 Å². The summed E-state index contributed by atoms with van der Waals surface area (Å²) in [6.45, 7) is 1.95. The summed E-state index contributed by atoms with van der Waals surface area (Å²) in [5.74, 6) is 1.57. The van der Waals surface area contributed by atoms with E-state index in [4.69, 9.17) is 9.47 Å². The predicted molar refractivity (Wildman–Crippen MR) is 101 cm³/mol. The number of anilines is 1. The smallest absolute Gasteiger partial charge is 0.277 e. The van der Waals surface area contributed by atoms with Crippen LogP contribution in [0, 0.1) is 6.92 Å². The molecule has 2 aromatic heterocycles. The molecule has 3 aromatic rings. The Morgan fingerprint density at radius 1 is 1.19 bits per heavy atom. The second kappa shape index (κ2) is 6.42. The van der Waals surface area contributed by atoms with Crippen LogP contribution in [-0.2, 0) is 13.5 Å². The van der Waals surface area contributed by atoms with E-state index < -0.39 is 0 Å². The fourth-order valence-corrected chi connectivity index (χ4v) is 3.51. The van der Waals surface area contributed by atoms with Gasteiger partial charge in [-0.25, -0.2) is 4.98 Å². The number of hydrogen-bond donors (Lipinski definition) is 1. The number of carbonyl (C=O) groups is 1. The molecule has 0 atom stereocenters. The van der Waals surface area contributed by atoms with E-state index in [0.29, 0.717) is 29.4 Å². The highest BCUT2D eigenvalue weighted by atomic mass is 16.5. The van der Waals surface area contributed by atoms with E-state index in [1.54, 1.807) is 25.1 Å². The molecule has 0 saturated carbocycles. The minimum Gasteiger partial charge on any atom is -0.493 e. The van der Waals surface area contributed by atoms with Crippen LogP contribution in [0.2, 0.25) is 0 Å². The zero-order valence-electron chi connectivity index (χ0n) is 15.7. The van der Waals surface area contributed by atoms with Gasteiger partial charge in [-0.1, -0.05) is 0 Å². The van der Waals surface area contributed by atoms with Gasteiger partial charge in [0.2, 0.25) is 0 Å². The number of aryl methyl sites for hydroxylation is 2. The molecule has 1 aliphatic rings. The molecule has 4 rings (SSSR count). The van der Waals surface area contributed by atoms with Crippen LogP contribution in [0.5, 0.6) is 11.5 Å². The summed E-state index contributed by atoms with van der Waals surface area (Å²) >= 11 is 0. The molecule has 0 spiro atoms. The largest absolute Gasteiger partial charge is 0.493 e. The van der Waals surface area contributed by atoms with Crippen LogP contribution in [0.15, 0.2) is 30.5 Å². The van der Waals surface area contributed by atoms with Crippen LogP contribution in [0.1, 0.15) is 27.2 Å². The Labute approximate surface area is 156 Å². The zero-order valence-corrected chi connectivity index (χ0v) is 15.7. The Bertz CT molecular complexity index is 1060. The molecule has 0 fully saturated rings. The molecule has 1 amide bonds. The molecule has 0 saturated heterocycles. The maximum Gasteiger partial charge on any atom is 0.277 e. The van der Waals surface area contributed by atoms with E-state index in [1.165, 1.54) is 0 Å². The third-order valence-corrected chi connectivity index (χ3v) is 4.75. The zero-order chi connectivity index (χ0) is 19.1. The van der Waals surface area contributed by atoms with Crippen LogP contribution in [0.3, 0.4) is 0 Å². The van der Waals surface area contributed by atoms with E-state index >= 15 is 0 Å². The molecule has 2 heterocycles. The van der Waals surface area contributed by atoms with E-state index in [0.717, 1.165) is 27.9 Å². The predicted octanol–water partition coefficient (Wildman–Crippen LogP) is 2.96. The van der Waals surface area contributed by atoms with Crippen LogP contribution in [0.4, 0.5) is 5.82 Å². The molecule has 1 N–H and O–H groups in total. The summed E-state index contributed by atoms with van der Waals surface area (Å²) in [6.07, 6.45) is 2.28. The number of fused-ring (bicyclic) bond motifs is 3. The van der Waals surface area contributed by atoms with Crippen LogP contribution in [-0.4, -0.2) is 34.9 Å². The summed E-state index contributed by atoms with van der Waals surface area (Å²) in [7, 11) is 5.06. The number of rotatable bonds is 4. The number of nitrogens with zero attached hydrogens (tertiary/aromatic N) is 3. The van der Waals surface area contributed by atoms with E-state index in [1.807, 2.05) is 38.2 Å². The first-order valence-electron chi connectivity index (χ1n) is 8.57. The topological polar surface area (TPSA) is 78.3 Å². The van der Waals surface area contributed by atoms with Gasteiger partial charge < -0.3 is 14.8 Å². The average molecular weight is 364 g/mol. The molecule has 1 aliphatic carbocycles. The standard InChI is InChI=1S/C20H20N4O3/c1-11-5-6-21-17(7-11)22-20(25)18-14-8-12-9-15(26-3)16(27-4)10-13(12)19(14)24(2)23-18/h5-7,9-10H,8H2,1-4H3,(H,21,22,25). The van der Waals surface area contributed by atoms with Crippen molar-refractivity contribution in [1.82, 2.24) is 14.8 Å². The average Bonchev–Trinajstić information content (AvgIpc) is 3.17. The Morgan fingerprint density at radius 3 is 2.63 bits per heavy atom. The minimum atomic E-state index is -0.267. The van der Waals surface area contributed by atoms with Crippen LogP contribution >= 0.6 is 0 Å². The number of amides is 1. The fraction of sp³-hybridized carbons (Fsp3) is 0.250. The van der Waals surface area contributed by atoms with Crippen LogP contribution < -0.4 is 14.8 Å². The summed E-state index contributed by atoms with van der Waals surface area (Å²) in [5, 5.41) is 7.29. The maximum atomic E-state index is 12.8. The monoisotopic (exact) mass is 364 g/mol. The third kappa shape index (κ3) is 2.81. The molecule has 0 unspecified atom stereocenters. The first kappa shape index (κ1) is 17.1. The molecule has 0 radical (unpaired) electrons. The molecule has 0 bridgehead atoms. The molecule has 27 heavy (non-hydrogen) atoms. The summed E-state index contributed by atoms with van der Waals surface area (Å²) in [6, 6.07) is 7.60. The van der Waals surface area contributed by atoms with Crippen molar-refractivity contribution < 1.29 is 14.3 Å². The molecule has 0 aliphatic heterocycles. The van der Waals surface area contributed by atoms with Crippen molar-refractivity contribution in [3.05, 3.63) is 52.8 Å². The van der Waals surface area contributed by atoms with Gasteiger partial charge in [-0.2, -0.15) is 5.10 Å². The third-order valence-electron chi connectivity index (χ3n) is 4.75. The highest BCUT2D eigenvalue weighted by Crippen LogP contribution is 2.43. The molecule has 7 nitrogen and oxygen atoms in total. The van der Waals surface area contributed by atoms with Gasteiger partial charge in [0.05, 0.1) is 19.9 Å². The van der Waals surface area contributed by atoms with Crippen molar-refractivity contribution in [2.45, 2.75) is 13.3 Å². The fourth-order valence-electron chi connectivity index (χ4n) is 3.51. The normalized spacial score (nSPS) is 11.7. The second-order valence-corrected chi connectivity index (χ2v) is 6.51. The molecule has 138 valence electrons. The van der Waals surface area contributed by atoms with Crippen molar-refractivity contribution in [3.63, 3.8) is 0 Å². The van der Waals surface area contributed by atoms with Gasteiger partial charge in [-0.15, -0.1) is 0 Å². The summed E-state index contributed by atoms with van der Waals surface area (Å²) in [5.41, 5.74) is 5.34. The van der Waals surface area contributed by atoms with E-state index in [2.05, 4.69) is 15.4 Å². The van der Waals surface area contributed by atoms with Gasteiger partial charge >= 0.3 is 0 Å². The minimum absolute atomic E-state index is 0.267. The molecular formula is C20H20N4O3. The Hall–Kier alpha value is -3.35. The van der Waals surface area contributed by atoms with Gasteiger partial charge in [0.1, 0.15) is 5.82 Å². The number of aromatic nitrogens is 3. The van der Waals surface area contributed by atoms with Crippen molar-refractivity contribution in [2.75, 3.05) is 19.5 Å². The number of nitrogens with one attached hydrogen (secondary N) is 1. The maximum absolute atomic E-state index is 12.8. The molecule has 1 aromatic carbocycles. The lowest BCUT2D eigenvalue weighted by Crippen LogP contribution is -2.15. The quantitative estimate of drug-likeness (QED) is 0.602. The summed E-state index contributed by atoms with van der Waals surface area (Å²) in [4.78, 5) is 17.0. The number of methoxy groups -OCH3 is 2. The Kier molecular flexibility index (Phi) is 4.07. The van der Waals surface area contributed by atoms with Gasteiger partial charge in [0, 0.05) is 30.8 Å². The van der Waals surface area contributed by atoms with Crippen molar-refractivity contribution in [1.29, 1.82) is 0 Å². The SMILES string of the molecule is COc1cc2c(cc1OC)-c1c(c(C(=O)Nc3cc(C)ccn3)nn1C)C2. The van der Waals surface area contributed by atoms with Gasteiger partial charge in [-0.05, 0) is 42.3 Å². The summed E-state index contributed by atoms with van der Waals surface area (Å²) < 4.78 is 12.6. The Morgan fingerprint density at radius 2 is 1.93 bits per heavy atom. The number of ether oxygens (including phenoxy) is 2. The van der Waals surface area contributed by atoms with E-state index in [9.17, 15) is 4.79 Å². The van der Waals surface area contributed by atoms with Crippen molar-refractivity contribution >= 4 is 11.7 Å². The van der Waals surface area contributed by atoms with Crippen molar-refractivity contribution in [2.24, 2.45) is 7.05 Å². The lowest BCUT2D eigenvalue weighted by molar-refractivity contribution is 0.102. The highest BCUT2D eigenvalue weighted by molar-refractivity contribution is 6.05.